The van der Waals surface area contributed by atoms with Crippen LogP contribution < -0.4 is 4.72 Å². The predicted molar refractivity (Wildman–Crippen MR) is 92.4 cm³/mol. The molecule has 130 valence electrons. The van der Waals surface area contributed by atoms with Crippen LogP contribution in [0.3, 0.4) is 0 Å². The Kier molecular flexibility index (Phi) is 5.27. The molecule has 24 heavy (non-hydrogen) atoms. The number of hydrogen-bond donors (Lipinski definition) is 1. The third-order valence-electron chi connectivity index (χ3n) is 4.31. The van der Waals surface area contributed by atoms with E-state index in [0.29, 0.717) is 6.54 Å². The predicted octanol–water partition coefficient (Wildman–Crippen LogP) is 1.34. The van der Waals surface area contributed by atoms with Gasteiger partial charge in [0.15, 0.2) is 0 Å². The molecule has 1 saturated heterocycles. The molecule has 0 saturated carbocycles. The van der Waals surface area contributed by atoms with E-state index < -0.39 is 10.0 Å². The van der Waals surface area contributed by atoms with E-state index in [2.05, 4.69) is 19.9 Å². The molecule has 1 aromatic heterocycles. The quantitative estimate of drug-likeness (QED) is 0.816. The third-order valence-corrected chi connectivity index (χ3v) is 5.74. The molecule has 1 aliphatic rings. The smallest absolute Gasteiger partial charge is 0.213 e. The second-order valence-electron chi connectivity index (χ2n) is 6.15. The Morgan fingerprint density at radius 2 is 1.92 bits per heavy atom. The Hall–Kier alpha value is -1.77. The molecule has 3 rings (SSSR count). The SMILES string of the molecule is CC(NS(=O)(=O)CCN1CCCC1)c1ccc(-n2ccnn2)cc1. The van der Waals surface area contributed by atoms with Gasteiger partial charge >= 0.3 is 0 Å². The zero-order chi connectivity index (χ0) is 17.0. The van der Waals surface area contributed by atoms with Crippen molar-refractivity contribution in [1.29, 1.82) is 0 Å². The van der Waals surface area contributed by atoms with Gasteiger partial charge in [0.25, 0.3) is 0 Å². The summed E-state index contributed by atoms with van der Waals surface area (Å²) in [5.74, 6) is 0.147. The first-order valence-electron chi connectivity index (χ1n) is 8.22. The Balaban J connectivity index is 1.58. The van der Waals surface area contributed by atoms with Gasteiger partial charge < -0.3 is 4.90 Å². The average molecular weight is 349 g/mol. The lowest BCUT2D eigenvalue weighted by molar-refractivity contribution is 0.358. The maximum atomic E-state index is 12.3. The fraction of sp³-hybridized carbons (Fsp3) is 0.500. The minimum Gasteiger partial charge on any atom is -0.302 e. The van der Waals surface area contributed by atoms with Crippen molar-refractivity contribution in [3.05, 3.63) is 42.2 Å². The summed E-state index contributed by atoms with van der Waals surface area (Å²) in [7, 11) is -3.29. The number of hydrogen-bond acceptors (Lipinski definition) is 5. The molecule has 2 heterocycles. The fourth-order valence-electron chi connectivity index (χ4n) is 2.91. The molecule has 8 heteroatoms. The standard InChI is InChI=1S/C16H23N5O2S/c1-14(18-24(22,23)13-12-20-9-2-3-10-20)15-4-6-16(7-5-15)21-11-8-17-19-21/h4-8,11,14,18H,2-3,9-10,12-13H2,1H3. The highest BCUT2D eigenvalue weighted by Crippen LogP contribution is 2.16. The lowest BCUT2D eigenvalue weighted by atomic mass is 10.1. The Labute approximate surface area is 142 Å². The van der Waals surface area contributed by atoms with E-state index in [1.54, 1.807) is 17.1 Å². The molecule has 0 aliphatic carbocycles. The summed E-state index contributed by atoms with van der Waals surface area (Å²) in [5, 5.41) is 7.71. The highest BCUT2D eigenvalue weighted by Gasteiger charge is 2.19. The highest BCUT2D eigenvalue weighted by molar-refractivity contribution is 7.89. The van der Waals surface area contributed by atoms with Crippen LogP contribution in [0.5, 0.6) is 0 Å². The summed E-state index contributed by atoms with van der Waals surface area (Å²) in [4.78, 5) is 2.21. The lowest BCUT2D eigenvalue weighted by Gasteiger charge is -2.18. The van der Waals surface area contributed by atoms with Crippen molar-refractivity contribution in [1.82, 2.24) is 24.6 Å². The number of nitrogens with zero attached hydrogens (tertiary/aromatic N) is 4. The van der Waals surface area contributed by atoms with Crippen LogP contribution in [0.15, 0.2) is 36.7 Å². The summed E-state index contributed by atoms with van der Waals surface area (Å²) in [6.45, 7) is 4.48. The largest absolute Gasteiger partial charge is 0.302 e. The molecule has 1 aromatic carbocycles. The first-order valence-corrected chi connectivity index (χ1v) is 9.88. The minimum atomic E-state index is -3.29. The Morgan fingerprint density at radius 3 is 2.54 bits per heavy atom. The lowest BCUT2D eigenvalue weighted by Crippen LogP contribution is -2.34. The van der Waals surface area contributed by atoms with Crippen molar-refractivity contribution < 1.29 is 8.42 Å². The van der Waals surface area contributed by atoms with Crippen LogP contribution in [-0.2, 0) is 10.0 Å². The van der Waals surface area contributed by atoms with Crippen LogP contribution in [0.2, 0.25) is 0 Å². The Morgan fingerprint density at radius 1 is 1.21 bits per heavy atom. The number of aromatic nitrogens is 3. The molecule has 0 radical (unpaired) electrons. The topological polar surface area (TPSA) is 80.1 Å². The summed E-state index contributed by atoms with van der Waals surface area (Å²) >= 11 is 0. The summed E-state index contributed by atoms with van der Waals surface area (Å²) < 4.78 is 29.0. The summed E-state index contributed by atoms with van der Waals surface area (Å²) in [6, 6.07) is 7.35. The number of benzene rings is 1. The Bertz CT molecular complexity index is 737. The van der Waals surface area contributed by atoms with Crippen molar-refractivity contribution in [3.63, 3.8) is 0 Å². The number of likely N-dealkylation sites (tertiary alicyclic amines) is 1. The van der Waals surface area contributed by atoms with Crippen LogP contribution in [-0.4, -0.2) is 53.7 Å². The van der Waals surface area contributed by atoms with E-state index in [1.165, 1.54) is 12.8 Å². The molecule has 1 unspecified atom stereocenters. The average Bonchev–Trinajstić information content (AvgIpc) is 3.26. The zero-order valence-electron chi connectivity index (χ0n) is 13.8. The van der Waals surface area contributed by atoms with Crippen LogP contribution in [0, 0.1) is 0 Å². The van der Waals surface area contributed by atoms with Gasteiger partial charge in [-0.2, -0.15) is 0 Å². The van der Waals surface area contributed by atoms with E-state index in [4.69, 9.17) is 0 Å². The third kappa shape index (κ3) is 4.40. The summed E-state index contributed by atoms with van der Waals surface area (Å²) in [6.07, 6.45) is 5.72. The minimum absolute atomic E-state index is 0.147. The van der Waals surface area contributed by atoms with Crippen LogP contribution in [0.25, 0.3) is 5.69 Å². The number of rotatable bonds is 7. The van der Waals surface area contributed by atoms with Gasteiger partial charge in [-0.25, -0.2) is 17.8 Å². The van der Waals surface area contributed by atoms with Crippen molar-refractivity contribution in [2.24, 2.45) is 0 Å². The second-order valence-corrected chi connectivity index (χ2v) is 8.02. The van der Waals surface area contributed by atoms with Gasteiger partial charge in [-0.3, -0.25) is 0 Å². The van der Waals surface area contributed by atoms with E-state index >= 15 is 0 Å². The normalized spacial score (nSPS) is 17.2. The van der Waals surface area contributed by atoms with Crippen LogP contribution >= 0.6 is 0 Å². The summed E-state index contributed by atoms with van der Waals surface area (Å²) in [5.41, 5.74) is 1.81. The zero-order valence-corrected chi connectivity index (χ0v) is 14.6. The molecule has 1 fully saturated rings. The highest BCUT2D eigenvalue weighted by atomic mass is 32.2. The van der Waals surface area contributed by atoms with Crippen molar-refractivity contribution in [2.75, 3.05) is 25.4 Å². The van der Waals surface area contributed by atoms with E-state index in [0.717, 1.165) is 24.3 Å². The molecular weight excluding hydrogens is 326 g/mol. The van der Waals surface area contributed by atoms with Crippen LogP contribution in [0.1, 0.15) is 31.4 Å². The van der Waals surface area contributed by atoms with Gasteiger partial charge in [0.05, 0.1) is 23.8 Å². The first kappa shape index (κ1) is 17.1. The molecule has 0 amide bonds. The molecular formula is C16H23N5O2S. The number of nitrogens with one attached hydrogen (secondary N) is 1. The van der Waals surface area contributed by atoms with Crippen LogP contribution in [0.4, 0.5) is 0 Å². The second kappa shape index (κ2) is 7.42. The molecule has 1 N–H and O–H groups in total. The molecule has 1 atom stereocenters. The van der Waals surface area contributed by atoms with E-state index in [9.17, 15) is 8.42 Å². The van der Waals surface area contributed by atoms with Crippen molar-refractivity contribution in [3.8, 4) is 5.69 Å². The first-order chi connectivity index (χ1) is 11.5. The maximum absolute atomic E-state index is 12.3. The molecule has 7 nitrogen and oxygen atoms in total. The van der Waals surface area contributed by atoms with E-state index in [1.807, 2.05) is 31.2 Å². The van der Waals surface area contributed by atoms with Gasteiger partial charge in [-0.05, 0) is 50.6 Å². The van der Waals surface area contributed by atoms with Gasteiger partial charge in [-0.15, -0.1) is 5.10 Å². The molecule has 1 aliphatic heterocycles. The van der Waals surface area contributed by atoms with E-state index in [-0.39, 0.29) is 11.8 Å². The van der Waals surface area contributed by atoms with Gasteiger partial charge in [-0.1, -0.05) is 17.3 Å². The molecule has 2 aromatic rings. The van der Waals surface area contributed by atoms with Gasteiger partial charge in [0.2, 0.25) is 10.0 Å². The maximum Gasteiger partial charge on any atom is 0.213 e. The monoisotopic (exact) mass is 349 g/mol. The van der Waals surface area contributed by atoms with Crippen molar-refractivity contribution >= 4 is 10.0 Å². The number of sulfonamides is 1. The van der Waals surface area contributed by atoms with Gasteiger partial charge in [0.1, 0.15) is 0 Å². The van der Waals surface area contributed by atoms with Crippen molar-refractivity contribution in [2.45, 2.75) is 25.8 Å². The molecule has 0 bridgehead atoms. The van der Waals surface area contributed by atoms with Gasteiger partial charge in [0, 0.05) is 12.6 Å². The fourth-order valence-corrected chi connectivity index (χ4v) is 4.20. The molecule has 0 spiro atoms.